The summed E-state index contributed by atoms with van der Waals surface area (Å²) in [5.41, 5.74) is 2.27. The standard InChI is InChI=1S/C16H19NO3/c18-9-10-7-13(8-10)11-1-3-12(4-2-11)14-5-6-15(19)17-16(14)20/h1-4,10,13-14,18H,5-9H2,(H,17,19,20). The van der Waals surface area contributed by atoms with Gasteiger partial charge in [0.15, 0.2) is 0 Å². The van der Waals surface area contributed by atoms with Gasteiger partial charge < -0.3 is 5.11 Å². The van der Waals surface area contributed by atoms with Crippen molar-refractivity contribution in [3.63, 3.8) is 0 Å². The topological polar surface area (TPSA) is 66.4 Å². The second-order valence-electron chi connectivity index (χ2n) is 5.89. The molecule has 4 heteroatoms. The predicted molar refractivity (Wildman–Crippen MR) is 74.1 cm³/mol. The molecule has 1 atom stereocenters. The number of carbonyl (C=O) groups is 2. The summed E-state index contributed by atoms with van der Waals surface area (Å²) in [6.45, 7) is 0.283. The van der Waals surface area contributed by atoms with Gasteiger partial charge in [0, 0.05) is 13.0 Å². The molecule has 0 aromatic heterocycles. The van der Waals surface area contributed by atoms with E-state index in [9.17, 15) is 9.59 Å². The lowest BCUT2D eigenvalue weighted by atomic mass is 9.71. The van der Waals surface area contributed by atoms with Crippen LogP contribution in [0.25, 0.3) is 0 Å². The molecule has 1 aromatic rings. The van der Waals surface area contributed by atoms with Gasteiger partial charge in [-0.1, -0.05) is 24.3 Å². The van der Waals surface area contributed by atoms with Gasteiger partial charge in [0.1, 0.15) is 0 Å². The van der Waals surface area contributed by atoms with E-state index in [-0.39, 0.29) is 24.3 Å². The number of imide groups is 1. The Balaban J connectivity index is 1.67. The Morgan fingerprint density at radius 1 is 1.10 bits per heavy atom. The molecule has 106 valence electrons. The first kappa shape index (κ1) is 13.3. The molecule has 3 rings (SSSR count). The Bertz CT molecular complexity index is 517. The Morgan fingerprint density at radius 2 is 1.75 bits per heavy atom. The minimum atomic E-state index is -0.201. The highest BCUT2D eigenvalue weighted by Crippen LogP contribution is 2.41. The number of hydrogen-bond acceptors (Lipinski definition) is 3. The summed E-state index contributed by atoms with van der Waals surface area (Å²) in [5, 5.41) is 11.4. The highest BCUT2D eigenvalue weighted by molar-refractivity contribution is 6.00. The molecule has 1 saturated carbocycles. The smallest absolute Gasteiger partial charge is 0.234 e. The van der Waals surface area contributed by atoms with E-state index in [1.807, 2.05) is 12.1 Å². The summed E-state index contributed by atoms with van der Waals surface area (Å²) in [7, 11) is 0. The predicted octanol–water partition coefficient (Wildman–Crippen LogP) is 1.69. The van der Waals surface area contributed by atoms with Crippen LogP contribution in [-0.2, 0) is 9.59 Å². The van der Waals surface area contributed by atoms with Gasteiger partial charge in [-0.25, -0.2) is 0 Å². The molecular formula is C16H19NO3. The molecule has 1 heterocycles. The molecule has 0 bridgehead atoms. The van der Waals surface area contributed by atoms with E-state index >= 15 is 0 Å². The third kappa shape index (κ3) is 2.48. The van der Waals surface area contributed by atoms with Crippen LogP contribution >= 0.6 is 0 Å². The lowest BCUT2D eigenvalue weighted by Crippen LogP contribution is -2.39. The highest BCUT2D eigenvalue weighted by Gasteiger charge is 2.31. The molecule has 20 heavy (non-hydrogen) atoms. The first-order valence-electron chi connectivity index (χ1n) is 7.21. The molecule has 4 nitrogen and oxygen atoms in total. The number of nitrogens with one attached hydrogen (secondary N) is 1. The monoisotopic (exact) mass is 273 g/mol. The molecule has 2 amide bonds. The summed E-state index contributed by atoms with van der Waals surface area (Å²) >= 11 is 0. The number of benzene rings is 1. The number of hydrogen-bond donors (Lipinski definition) is 2. The largest absolute Gasteiger partial charge is 0.396 e. The van der Waals surface area contributed by atoms with Gasteiger partial charge in [0.05, 0.1) is 5.92 Å². The van der Waals surface area contributed by atoms with Crippen LogP contribution in [0.15, 0.2) is 24.3 Å². The molecular weight excluding hydrogens is 254 g/mol. The van der Waals surface area contributed by atoms with E-state index < -0.39 is 0 Å². The number of amides is 2. The third-order valence-electron chi connectivity index (χ3n) is 4.54. The Kier molecular flexibility index (Phi) is 3.57. The second kappa shape index (κ2) is 5.37. The Hall–Kier alpha value is -1.68. The summed E-state index contributed by atoms with van der Waals surface area (Å²) in [5.74, 6) is 0.441. The van der Waals surface area contributed by atoms with E-state index in [4.69, 9.17) is 5.11 Å². The quantitative estimate of drug-likeness (QED) is 0.824. The van der Waals surface area contributed by atoms with Gasteiger partial charge in [0.25, 0.3) is 0 Å². The average Bonchev–Trinajstić information content (AvgIpc) is 2.39. The summed E-state index contributed by atoms with van der Waals surface area (Å²) < 4.78 is 0. The molecule has 1 aliphatic carbocycles. The fraction of sp³-hybridized carbons (Fsp3) is 0.500. The zero-order valence-electron chi connectivity index (χ0n) is 11.3. The van der Waals surface area contributed by atoms with Crippen molar-refractivity contribution < 1.29 is 14.7 Å². The molecule has 2 fully saturated rings. The van der Waals surface area contributed by atoms with Crippen LogP contribution in [0.4, 0.5) is 0 Å². The van der Waals surface area contributed by atoms with Crippen molar-refractivity contribution in [3.8, 4) is 0 Å². The maximum absolute atomic E-state index is 11.8. The molecule has 1 aromatic carbocycles. The lowest BCUT2D eigenvalue weighted by Gasteiger charge is -2.34. The fourth-order valence-electron chi connectivity index (χ4n) is 3.17. The van der Waals surface area contributed by atoms with Crippen LogP contribution in [0.5, 0.6) is 0 Å². The normalized spacial score (nSPS) is 29.8. The third-order valence-corrected chi connectivity index (χ3v) is 4.54. The van der Waals surface area contributed by atoms with Gasteiger partial charge >= 0.3 is 0 Å². The van der Waals surface area contributed by atoms with E-state index in [2.05, 4.69) is 17.4 Å². The van der Waals surface area contributed by atoms with Crippen molar-refractivity contribution in [3.05, 3.63) is 35.4 Å². The van der Waals surface area contributed by atoms with Gasteiger partial charge in [-0.3, -0.25) is 14.9 Å². The van der Waals surface area contributed by atoms with Crippen molar-refractivity contribution in [2.45, 2.75) is 37.5 Å². The maximum atomic E-state index is 11.8. The van der Waals surface area contributed by atoms with Gasteiger partial charge in [-0.15, -0.1) is 0 Å². The van der Waals surface area contributed by atoms with E-state index in [1.54, 1.807) is 0 Å². The number of aliphatic hydroxyl groups excluding tert-OH is 1. The van der Waals surface area contributed by atoms with Gasteiger partial charge in [-0.2, -0.15) is 0 Å². The van der Waals surface area contributed by atoms with Crippen molar-refractivity contribution >= 4 is 11.8 Å². The molecule has 1 saturated heterocycles. The van der Waals surface area contributed by atoms with Gasteiger partial charge in [-0.05, 0) is 42.2 Å². The van der Waals surface area contributed by atoms with E-state index in [0.717, 1.165) is 18.4 Å². The highest BCUT2D eigenvalue weighted by atomic mass is 16.3. The summed E-state index contributed by atoms with van der Waals surface area (Å²) in [6, 6.07) is 8.16. The van der Waals surface area contributed by atoms with E-state index in [1.165, 1.54) is 5.56 Å². The number of rotatable bonds is 3. The van der Waals surface area contributed by atoms with Crippen LogP contribution in [0.3, 0.4) is 0 Å². The van der Waals surface area contributed by atoms with Crippen molar-refractivity contribution in [2.75, 3.05) is 6.61 Å². The minimum absolute atomic E-state index is 0.174. The molecule has 2 N–H and O–H groups in total. The molecule has 2 aliphatic rings. The number of piperidine rings is 1. The van der Waals surface area contributed by atoms with Crippen LogP contribution in [-0.4, -0.2) is 23.5 Å². The first-order valence-corrected chi connectivity index (χ1v) is 7.21. The van der Waals surface area contributed by atoms with Crippen LogP contribution in [0.1, 0.15) is 48.6 Å². The summed E-state index contributed by atoms with van der Waals surface area (Å²) in [4.78, 5) is 23.0. The number of aliphatic hydroxyl groups is 1. The van der Waals surface area contributed by atoms with Crippen molar-refractivity contribution in [2.24, 2.45) is 5.92 Å². The molecule has 0 radical (unpaired) electrons. The van der Waals surface area contributed by atoms with Gasteiger partial charge in [0.2, 0.25) is 11.8 Å². The second-order valence-corrected chi connectivity index (χ2v) is 5.89. The zero-order valence-corrected chi connectivity index (χ0v) is 11.3. The van der Waals surface area contributed by atoms with Crippen molar-refractivity contribution in [1.29, 1.82) is 0 Å². The molecule has 0 spiro atoms. The molecule has 1 unspecified atom stereocenters. The Labute approximate surface area is 118 Å². The van der Waals surface area contributed by atoms with Crippen molar-refractivity contribution in [1.82, 2.24) is 5.32 Å². The maximum Gasteiger partial charge on any atom is 0.234 e. The first-order chi connectivity index (χ1) is 9.67. The van der Waals surface area contributed by atoms with Crippen LogP contribution in [0.2, 0.25) is 0 Å². The SMILES string of the molecule is O=C1CCC(c2ccc(C3CC(CO)C3)cc2)C(=O)N1. The zero-order chi connectivity index (χ0) is 14.1. The average molecular weight is 273 g/mol. The van der Waals surface area contributed by atoms with Crippen LogP contribution in [0, 0.1) is 5.92 Å². The lowest BCUT2D eigenvalue weighted by molar-refractivity contribution is -0.134. The number of carbonyl (C=O) groups excluding carboxylic acids is 2. The molecule has 1 aliphatic heterocycles. The minimum Gasteiger partial charge on any atom is -0.396 e. The van der Waals surface area contributed by atoms with Crippen LogP contribution < -0.4 is 5.32 Å². The fourth-order valence-corrected chi connectivity index (χ4v) is 3.17. The Morgan fingerprint density at radius 3 is 2.35 bits per heavy atom. The summed E-state index contributed by atoms with van der Waals surface area (Å²) in [6.07, 6.45) is 3.11. The van der Waals surface area contributed by atoms with E-state index in [0.29, 0.717) is 24.7 Å².